The Kier molecular flexibility index (Phi) is 3.05. The number of aromatic nitrogens is 2. The van der Waals surface area contributed by atoms with Gasteiger partial charge in [-0.3, -0.25) is 0 Å². The summed E-state index contributed by atoms with van der Waals surface area (Å²) in [6, 6.07) is 0.729. The topological polar surface area (TPSA) is 33.1 Å². The van der Waals surface area contributed by atoms with Crippen molar-refractivity contribution in [1.82, 2.24) is 14.9 Å². The molecule has 2 fully saturated rings. The number of imidazole rings is 1. The lowest BCUT2D eigenvalue weighted by atomic mass is 10.1. The first kappa shape index (κ1) is 11.1. The Labute approximate surface area is 103 Å². The maximum absolute atomic E-state index is 4.42. The number of piperidine rings is 1. The number of aryl methyl sites for hydroxylation is 1. The van der Waals surface area contributed by atoms with E-state index in [2.05, 4.69) is 26.8 Å². The van der Waals surface area contributed by atoms with Gasteiger partial charge in [0.1, 0.15) is 0 Å². The summed E-state index contributed by atoms with van der Waals surface area (Å²) in [5, 5.41) is 3.71. The molecule has 94 valence electrons. The molecule has 1 aliphatic carbocycles. The standard InChI is InChI=1S/C13H22N4/c1-16-9-6-14-13(16)17-7-4-12(5-8-17)15-10-11-2-3-11/h6,9,11-12,15H,2-5,7-8,10H2,1H3. The van der Waals surface area contributed by atoms with Gasteiger partial charge in [-0.1, -0.05) is 0 Å². The summed E-state index contributed by atoms with van der Waals surface area (Å²) in [4.78, 5) is 6.82. The highest BCUT2D eigenvalue weighted by Crippen LogP contribution is 2.28. The second-order valence-electron chi connectivity index (χ2n) is 5.45. The van der Waals surface area contributed by atoms with Crippen molar-refractivity contribution in [3.8, 4) is 0 Å². The summed E-state index contributed by atoms with van der Waals surface area (Å²) in [6.07, 6.45) is 9.29. The van der Waals surface area contributed by atoms with Crippen molar-refractivity contribution >= 4 is 5.95 Å². The Morgan fingerprint density at radius 2 is 2.06 bits per heavy atom. The van der Waals surface area contributed by atoms with Gasteiger partial charge in [-0.2, -0.15) is 0 Å². The molecule has 0 aromatic carbocycles. The molecule has 4 nitrogen and oxygen atoms in total. The second kappa shape index (κ2) is 4.69. The van der Waals surface area contributed by atoms with Crippen LogP contribution in [0.5, 0.6) is 0 Å². The fourth-order valence-electron chi connectivity index (χ4n) is 2.60. The third-order valence-electron chi connectivity index (χ3n) is 3.97. The molecule has 2 heterocycles. The monoisotopic (exact) mass is 234 g/mol. The molecule has 2 aliphatic rings. The molecule has 1 N–H and O–H groups in total. The third kappa shape index (κ3) is 2.63. The SMILES string of the molecule is Cn1ccnc1N1CCC(NCC2CC2)CC1. The van der Waals surface area contributed by atoms with Crippen LogP contribution in [0.3, 0.4) is 0 Å². The predicted octanol–water partition coefficient (Wildman–Crippen LogP) is 1.39. The largest absolute Gasteiger partial charge is 0.342 e. The fraction of sp³-hybridized carbons (Fsp3) is 0.769. The Morgan fingerprint density at radius 1 is 1.29 bits per heavy atom. The van der Waals surface area contributed by atoms with Crippen molar-refractivity contribution in [1.29, 1.82) is 0 Å². The highest BCUT2D eigenvalue weighted by atomic mass is 15.3. The van der Waals surface area contributed by atoms with Gasteiger partial charge in [-0.05, 0) is 38.1 Å². The summed E-state index contributed by atoms with van der Waals surface area (Å²) in [6.45, 7) is 3.51. The predicted molar refractivity (Wildman–Crippen MR) is 69.2 cm³/mol. The van der Waals surface area contributed by atoms with Crippen LogP contribution in [-0.2, 0) is 7.05 Å². The third-order valence-corrected chi connectivity index (χ3v) is 3.97. The quantitative estimate of drug-likeness (QED) is 0.854. The molecule has 0 amide bonds. The van der Waals surface area contributed by atoms with E-state index < -0.39 is 0 Å². The van der Waals surface area contributed by atoms with Crippen molar-refractivity contribution in [3.63, 3.8) is 0 Å². The zero-order chi connectivity index (χ0) is 11.7. The molecule has 3 rings (SSSR count). The van der Waals surface area contributed by atoms with Gasteiger partial charge in [-0.15, -0.1) is 0 Å². The van der Waals surface area contributed by atoms with Crippen molar-refractivity contribution in [2.24, 2.45) is 13.0 Å². The summed E-state index contributed by atoms with van der Waals surface area (Å²) in [5.74, 6) is 2.10. The average molecular weight is 234 g/mol. The summed E-state index contributed by atoms with van der Waals surface area (Å²) < 4.78 is 2.11. The van der Waals surface area contributed by atoms with E-state index >= 15 is 0 Å². The smallest absolute Gasteiger partial charge is 0.205 e. The normalized spacial score (nSPS) is 22.1. The van der Waals surface area contributed by atoms with E-state index in [4.69, 9.17) is 0 Å². The molecule has 1 aromatic rings. The van der Waals surface area contributed by atoms with Gasteiger partial charge < -0.3 is 14.8 Å². The first-order valence-corrected chi connectivity index (χ1v) is 6.78. The molecule has 4 heteroatoms. The van der Waals surface area contributed by atoms with Gasteiger partial charge in [0.25, 0.3) is 0 Å². The van der Waals surface area contributed by atoms with E-state index in [0.29, 0.717) is 0 Å². The molecule has 17 heavy (non-hydrogen) atoms. The highest BCUT2D eigenvalue weighted by molar-refractivity contribution is 5.31. The molecular weight excluding hydrogens is 212 g/mol. The van der Waals surface area contributed by atoms with Gasteiger partial charge in [0, 0.05) is 38.6 Å². The van der Waals surface area contributed by atoms with Crippen molar-refractivity contribution < 1.29 is 0 Å². The Hall–Kier alpha value is -1.03. The lowest BCUT2D eigenvalue weighted by Crippen LogP contribution is -2.43. The number of hydrogen-bond donors (Lipinski definition) is 1. The zero-order valence-corrected chi connectivity index (χ0v) is 10.6. The van der Waals surface area contributed by atoms with Gasteiger partial charge in [0.05, 0.1) is 0 Å². The fourth-order valence-corrected chi connectivity index (χ4v) is 2.60. The van der Waals surface area contributed by atoms with Crippen LogP contribution in [0.25, 0.3) is 0 Å². The van der Waals surface area contributed by atoms with Crippen molar-refractivity contribution in [2.75, 3.05) is 24.5 Å². The summed E-state index contributed by atoms with van der Waals surface area (Å²) >= 11 is 0. The van der Waals surface area contributed by atoms with Crippen LogP contribution in [0.4, 0.5) is 5.95 Å². The lowest BCUT2D eigenvalue weighted by Gasteiger charge is -2.33. The molecular formula is C13H22N4. The van der Waals surface area contributed by atoms with Crippen molar-refractivity contribution in [2.45, 2.75) is 31.7 Å². The van der Waals surface area contributed by atoms with Crippen LogP contribution < -0.4 is 10.2 Å². The molecule has 1 saturated heterocycles. The van der Waals surface area contributed by atoms with Gasteiger partial charge in [0.2, 0.25) is 5.95 Å². The Morgan fingerprint density at radius 3 is 2.65 bits per heavy atom. The lowest BCUT2D eigenvalue weighted by molar-refractivity contribution is 0.405. The second-order valence-corrected chi connectivity index (χ2v) is 5.45. The molecule has 0 bridgehead atoms. The first-order chi connectivity index (χ1) is 8.33. The Balaban J connectivity index is 1.48. The molecule has 0 radical (unpaired) electrons. The van der Waals surface area contributed by atoms with Crippen LogP contribution in [0.1, 0.15) is 25.7 Å². The molecule has 0 spiro atoms. The number of nitrogens with zero attached hydrogens (tertiary/aromatic N) is 3. The average Bonchev–Trinajstić information content (AvgIpc) is 3.09. The number of anilines is 1. The summed E-state index contributed by atoms with van der Waals surface area (Å²) in [5.41, 5.74) is 0. The van der Waals surface area contributed by atoms with E-state index in [0.717, 1.165) is 31.0 Å². The van der Waals surface area contributed by atoms with Crippen LogP contribution in [0.2, 0.25) is 0 Å². The van der Waals surface area contributed by atoms with E-state index in [9.17, 15) is 0 Å². The van der Waals surface area contributed by atoms with Crippen LogP contribution in [0, 0.1) is 5.92 Å². The minimum atomic E-state index is 0.729. The maximum Gasteiger partial charge on any atom is 0.205 e. The summed E-state index contributed by atoms with van der Waals surface area (Å²) in [7, 11) is 2.07. The van der Waals surface area contributed by atoms with E-state index in [1.54, 1.807) is 0 Å². The molecule has 0 atom stereocenters. The molecule has 0 unspecified atom stereocenters. The van der Waals surface area contributed by atoms with Crippen molar-refractivity contribution in [3.05, 3.63) is 12.4 Å². The number of hydrogen-bond acceptors (Lipinski definition) is 3. The zero-order valence-electron chi connectivity index (χ0n) is 10.6. The van der Waals surface area contributed by atoms with Crippen LogP contribution in [-0.4, -0.2) is 35.2 Å². The first-order valence-electron chi connectivity index (χ1n) is 6.78. The van der Waals surface area contributed by atoms with Gasteiger partial charge in [-0.25, -0.2) is 4.98 Å². The van der Waals surface area contributed by atoms with E-state index in [1.807, 2.05) is 12.4 Å². The minimum absolute atomic E-state index is 0.729. The van der Waals surface area contributed by atoms with E-state index in [1.165, 1.54) is 32.2 Å². The van der Waals surface area contributed by atoms with E-state index in [-0.39, 0.29) is 0 Å². The molecule has 1 aliphatic heterocycles. The van der Waals surface area contributed by atoms with Crippen LogP contribution in [0.15, 0.2) is 12.4 Å². The molecule has 1 aromatic heterocycles. The number of rotatable bonds is 4. The van der Waals surface area contributed by atoms with Crippen LogP contribution >= 0.6 is 0 Å². The maximum atomic E-state index is 4.42. The highest BCUT2D eigenvalue weighted by Gasteiger charge is 2.25. The Bertz CT molecular complexity index is 361. The molecule has 1 saturated carbocycles. The van der Waals surface area contributed by atoms with Gasteiger partial charge in [0.15, 0.2) is 0 Å². The minimum Gasteiger partial charge on any atom is -0.342 e. The van der Waals surface area contributed by atoms with Gasteiger partial charge >= 0.3 is 0 Å². The number of nitrogens with one attached hydrogen (secondary N) is 1.